The van der Waals surface area contributed by atoms with Crippen molar-refractivity contribution < 1.29 is 4.79 Å². The normalized spacial score (nSPS) is 14.9. The quantitative estimate of drug-likeness (QED) is 0.762. The molecule has 0 aromatic carbocycles. The fourth-order valence-corrected chi connectivity index (χ4v) is 2.78. The van der Waals surface area contributed by atoms with E-state index in [4.69, 9.17) is 11.0 Å². The molecule has 1 amide bonds. The summed E-state index contributed by atoms with van der Waals surface area (Å²) in [5.74, 6) is 0.115. The number of nitrogens with two attached hydrogens (primary N) is 1. The van der Waals surface area contributed by atoms with Gasteiger partial charge in [0.1, 0.15) is 17.5 Å². The van der Waals surface area contributed by atoms with Gasteiger partial charge in [-0.2, -0.15) is 5.26 Å². The summed E-state index contributed by atoms with van der Waals surface area (Å²) in [5, 5.41) is 13.2. The standard InChI is InChI=1S/C18H16N6O/c1-18(3-4-18)23-14-7-15(21-10-13(14)16(20)25)24-5-2-12-6-11(8-19)9-22-17(12)24/h2,5-7,9-10H,3-4H2,1H3,(H2,20,25)(H,21,23). The van der Waals surface area contributed by atoms with Crippen LogP contribution in [0.25, 0.3) is 16.9 Å². The first kappa shape index (κ1) is 15.1. The van der Waals surface area contributed by atoms with Gasteiger partial charge in [-0.25, -0.2) is 9.97 Å². The molecule has 3 heterocycles. The summed E-state index contributed by atoms with van der Waals surface area (Å²) >= 11 is 0. The van der Waals surface area contributed by atoms with Gasteiger partial charge in [-0.1, -0.05) is 0 Å². The molecule has 0 atom stereocenters. The lowest BCUT2D eigenvalue weighted by Crippen LogP contribution is -2.21. The third-order valence-electron chi connectivity index (χ3n) is 4.49. The fourth-order valence-electron chi connectivity index (χ4n) is 2.78. The summed E-state index contributed by atoms with van der Waals surface area (Å²) in [6.07, 6.45) is 6.96. The van der Waals surface area contributed by atoms with Crippen LogP contribution in [0.1, 0.15) is 35.7 Å². The molecule has 0 spiro atoms. The largest absolute Gasteiger partial charge is 0.379 e. The molecule has 0 unspecified atom stereocenters. The van der Waals surface area contributed by atoms with Crippen LogP contribution in [-0.4, -0.2) is 26.0 Å². The van der Waals surface area contributed by atoms with E-state index in [0.29, 0.717) is 28.3 Å². The second-order valence-corrected chi connectivity index (χ2v) is 6.57. The van der Waals surface area contributed by atoms with Gasteiger partial charge in [0.15, 0.2) is 0 Å². The van der Waals surface area contributed by atoms with E-state index in [1.165, 1.54) is 12.4 Å². The van der Waals surface area contributed by atoms with Gasteiger partial charge in [0, 0.05) is 35.6 Å². The van der Waals surface area contributed by atoms with Gasteiger partial charge in [0.05, 0.1) is 16.8 Å². The average Bonchev–Trinajstić information content (AvgIpc) is 3.17. The molecular formula is C18H16N6O. The van der Waals surface area contributed by atoms with Crippen LogP contribution in [0.2, 0.25) is 0 Å². The summed E-state index contributed by atoms with van der Waals surface area (Å²) in [6, 6.07) is 7.55. The molecule has 0 radical (unpaired) electrons. The van der Waals surface area contributed by atoms with E-state index < -0.39 is 5.91 Å². The van der Waals surface area contributed by atoms with Gasteiger partial charge < -0.3 is 11.1 Å². The van der Waals surface area contributed by atoms with Gasteiger partial charge in [-0.3, -0.25) is 9.36 Å². The Hall–Kier alpha value is -3.40. The monoisotopic (exact) mass is 332 g/mol. The maximum Gasteiger partial charge on any atom is 0.252 e. The predicted molar refractivity (Wildman–Crippen MR) is 93.4 cm³/mol. The van der Waals surface area contributed by atoms with Crippen LogP contribution in [0.4, 0.5) is 5.69 Å². The lowest BCUT2D eigenvalue weighted by atomic mass is 10.2. The van der Waals surface area contributed by atoms with Gasteiger partial charge in [0.2, 0.25) is 0 Å². The molecule has 7 heteroatoms. The molecule has 25 heavy (non-hydrogen) atoms. The first-order chi connectivity index (χ1) is 12.0. The maximum absolute atomic E-state index is 11.7. The van der Waals surface area contributed by atoms with Gasteiger partial charge >= 0.3 is 0 Å². The molecular weight excluding hydrogens is 316 g/mol. The van der Waals surface area contributed by atoms with Crippen LogP contribution in [0.3, 0.4) is 0 Å². The van der Waals surface area contributed by atoms with Crippen molar-refractivity contribution in [2.24, 2.45) is 5.73 Å². The van der Waals surface area contributed by atoms with Crippen molar-refractivity contribution in [3.05, 3.63) is 47.9 Å². The minimum atomic E-state index is -0.514. The zero-order chi connectivity index (χ0) is 17.6. The van der Waals surface area contributed by atoms with Crippen molar-refractivity contribution in [2.75, 3.05) is 5.32 Å². The number of aromatic nitrogens is 3. The molecule has 3 aromatic heterocycles. The highest BCUT2D eigenvalue weighted by Crippen LogP contribution is 2.39. The van der Waals surface area contributed by atoms with Crippen molar-refractivity contribution >= 4 is 22.6 Å². The number of amides is 1. The molecule has 3 aromatic rings. The summed E-state index contributed by atoms with van der Waals surface area (Å²) in [5.41, 5.74) is 7.72. The highest BCUT2D eigenvalue weighted by molar-refractivity contribution is 5.98. The van der Waals surface area contributed by atoms with Crippen LogP contribution in [0.5, 0.6) is 0 Å². The van der Waals surface area contributed by atoms with E-state index in [2.05, 4.69) is 28.3 Å². The number of fused-ring (bicyclic) bond motifs is 1. The van der Waals surface area contributed by atoms with Crippen LogP contribution >= 0.6 is 0 Å². The van der Waals surface area contributed by atoms with Crippen LogP contribution in [0.15, 0.2) is 36.8 Å². The fraction of sp³-hybridized carbons (Fsp3) is 0.222. The third-order valence-corrected chi connectivity index (χ3v) is 4.49. The molecule has 1 aliphatic carbocycles. The second kappa shape index (κ2) is 5.31. The summed E-state index contributed by atoms with van der Waals surface area (Å²) in [6.45, 7) is 2.11. The van der Waals surface area contributed by atoms with Crippen molar-refractivity contribution in [1.29, 1.82) is 5.26 Å². The molecule has 1 aliphatic rings. The summed E-state index contributed by atoms with van der Waals surface area (Å²) in [7, 11) is 0. The molecule has 0 aliphatic heterocycles. The molecule has 124 valence electrons. The Kier molecular flexibility index (Phi) is 3.22. The Bertz CT molecular complexity index is 1040. The van der Waals surface area contributed by atoms with Crippen LogP contribution in [0, 0.1) is 11.3 Å². The number of nitriles is 1. The number of hydrogen-bond acceptors (Lipinski definition) is 5. The van der Waals surface area contributed by atoms with E-state index in [9.17, 15) is 4.79 Å². The highest BCUT2D eigenvalue weighted by Gasteiger charge is 2.37. The molecule has 4 rings (SSSR count). The van der Waals surface area contributed by atoms with Crippen molar-refractivity contribution in [2.45, 2.75) is 25.3 Å². The van der Waals surface area contributed by atoms with Crippen LogP contribution in [-0.2, 0) is 0 Å². The zero-order valence-electron chi connectivity index (χ0n) is 13.7. The lowest BCUT2D eigenvalue weighted by molar-refractivity contribution is 0.100. The van der Waals surface area contributed by atoms with E-state index in [1.807, 2.05) is 22.9 Å². The Morgan fingerprint density at radius 2 is 2.16 bits per heavy atom. The number of carbonyl (C=O) groups excluding carboxylic acids is 1. The van der Waals surface area contributed by atoms with Crippen LogP contribution < -0.4 is 11.1 Å². The number of nitrogens with zero attached hydrogens (tertiary/aromatic N) is 4. The number of rotatable bonds is 4. The van der Waals surface area contributed by atoms with E-state index in [1.54, 1.807) is 6.07 Å². The molecule has 7 nitrogen and oxygen atoms in total. The maximum atomic E-state index is 11.7. The smallest absolute Gasteiger partial charge is 0.252 e. The van der Waals surface area contributed by atoms with Gasteiger partial charge in [-0.15, -0.1) is 0 Å². The number of primary amides is 1. The van der Waals surface area contributed by atoms with E-state index >= 15 is 0 Å². The van der Waals surface area contributed by atoms with E-state index in [-0.39, 0.29) is 5.54 Å². The minimum absolute atomic E-state index is 0.00151. The molecule has 3 N–H and O–H groups in total. The second-order valence-electron chi connectivity index (χ2n) is 6.57. The van der Waals surface area contributed by atoms with E-state index in [0.717, 1.165) is 18.2 Å². The molecule has 1 fully saturated rings. The Balaban J connectivity index is 1.82. The van der Waals surface area contributed by atoms with Gasteiger partial charge in [-0.05, 0) is 31.9 Å². The lowest BCUT2D eigenvalue weighted by Gasteiger charge is -2.17. The molecule has 0 saturated heterocycles. The van der Waals surface area contributed by atoms with Crippen molar-refractivity contribution in [3.63, 3.8) is 0 Å². The summed E-state index contributed by atoms with van der Waals surface area (Å²) in [4.78, 5) is 20.4. The first-order valence-electron chi connectivity index (χ1n) is 7.95. The number of carbonyl (C=O) groups is 1. The zero-order valence-corrected chi connectivity index (χ0v) is 13.7. The molecule has 0 bridgehead atoms. The van der Waals surface area contributed by atoms with Crippen molar-refractivity contribution in [3.8, 4) is 11.9 Å². The number of hydrogen-bond donors (Lipinski definition) is 2. The Morgan fingerprint density at radius 1 is 1.36 bits per heavy atom. The van der Waals surface area contributed by atoms with Crippen molar-refractivity contribution in [1.82, 2.24) is 14.5 Å². The topological polar surface area (TPSA) is 110 Å². The van der Waals surface area contributed by atoms with Gasteiger partial charge in [0.25, 0.3) is 5.91 Å². The predicted octanol–water partition coefficient (Wildman–Crippen LogP) is 2.36. The molecule has 1 saturated carbocycles. The third kappa shape index (κ3) is 2.68. The number of nitrogens with one attached hydrogen (secondary N) is 1. The number of pyridine rings is 2. The SMILES string of the molecule is CC1(Nc2cc(-n3ccc4cc(C#N)cnc43)ncc2C(N)=O)CC1. The highest BCUT2D eigenvalue weighted by atomic mass is 16.1. The summed E-state index contributed by atoms with van der Waals surface area (Å²) < 4.78 is 1.82. The first-order valence-corrected chi connectivity index (χ1v) is 7.95. The Morgan fingerprint density at radius 3 is 2.84 bits per heavy atom. The number of anilines is 1. The Labute approximate surface area is 144 Å². The average molecular weight is 332 g/mol. The minimum Gasteiger partial charge on any atom is -0.379 e.